The van der Waals surface area contributed by atoms with Crippen LogP contribution in [0.25, 0.3) is 0 Å². The lowest BCUT2D eigenvalue weighted by atomic mass is 9.99. The minimum Gasteiger partial charge on any atom is -0.372 e. The lowest BCUT2D eigenvalue weighted by Gasteiger charge is -2.32. The molecule has 2 aliphatic rings. The lowest BCUT2D eigenvalue weighted by molar-refractivity contribution is 0.249. The fourth-order valence-corrected chi connectivity index (χ4v) is 4.96. The number of hydrogen-bond acceptors (Lipinski definition) is 4. The molecule has 7 heteroatoms. The smallest absolute Gasteiger partial charge is 0.319 e. The molecule has 0 radical (unpaired) electrons. The molecule has 0 aromatic heterocycles. The highest BCUT2D eigenvalue weighted by atomic mass is 32.2. The number of benzene rings is 1. The summed E-state index contributed by atoms with van der Waals surface area (Å²) in [6.07, 6.45) is 2.92. The first-order valence-electron chi connectivity index (χ1n) is 8.54. The number of piperidine rings is 1. The van der Waals surface area contributed by atoms with Crippen LogP contribution >= 0.6 is 0 Å². The van der Waals surface area contributed by atoms with Gasteiger partial charge in [-0.25, -0.2) is 13.2 Å². The third-order valence-corrected chi connectivity index (χ3v) is 6.61. The Morgan fingerprint density at radius 3 is 2.38 bits per heavy atom. The molecule has 3 rings (SSSR count). The number of rotatable bonds is 3. The molecule has 132 valence electrons. The molecule has 2 saturated heterocycles. The number of sulfone groups is 1. The zero-order valence-corrected chi connectivity index (χ0v) is 14.8. The summed E-state index contributed by atoms with van der Waals surface area (Å²) < 4.78 is 22.8. The van der Waals surface area contributed by atoms with Gasteiger partial charge in [-0.15, -0.1) is 0 Å². The number of amides is 2. The molecule has 0 saturated carbocycles. The van der Waals surface area contributed by atoms with E-state index in [0.29, 0.717) is 12.1 Å². The van der Waals surface area contributed by atoms with Crippen LogP contribution in [0.4, 0.5) is 16.2 Å². The van der Waals surface area contributed by atoms with Crippen molar-refractivity contribution in [3.63, 3.8) is 0 Å². The van der Waals surface area contributed by atoms with E-state index in [-0.39, 0.29) is 23.6 Å². The van der Waals surface area contributed by atoms with Crippen LogP contribution in [0.3, 0.4) is 0 Å². The van der Waals surface area contributed by atoms with Crippen molar-refractivity contribution >= 4 is 27.2 Å². The zero-order valence-electron chi connectivity index (χ0n) is 14.0. The van der Waals surface area contributed by atoms with E-state index >= 15 is 0 Å². The van der Waals surface area contributed by atoms with Crippen molar-refractivity contribution in [2.75, 3.05) is 34.8 Å². The summed E-state index contributed by atoms with van der Waals surface area (Å²) >= 11 is 0. The maximum Gasteiger partial charge on any atom is 0.319 e. The molecule has 1 aromatic rings. The van der Waals surface area contributed by atoms with Gasteiger partial charge in [0.2, 0.25) is 0 Å². The van der Waals surface area contributed by atoms with Crippen molar-refractivity contribution in [1.29, 1.82) is 0 Å². The second kappa shape index (κ2) is 7.01. The highest BCUT2D eigenvalue weighted by molar-refractivity contribution is 7.91. The number of nitrogens with one attached hydrogen (secondary N) is 2. The monoisotopic (exact) mass is 351 g/mol. The first-order chi connectivity index (χ1) is 11.4. The van der Waals surface area contributed by atoms with Gasteiger partial charge in [-0.2, -0.15) is 0 Å². The number of anilines is 2. The van der Waals surface area contributed by atoms with E-state index in [1.54, 1.807) is 0 Å². The number of hydrogen-bond donors (Lipinski definition) is 2. The molecule has 0 spiro atoms. The third-order valence-electron chi connectivity index (χ3n) is 4.84. The van der Waals surface area contributed by atoms with Crippen molar-refractivity contribution < 1.29 is 13.2 Å². The van der Waals surface area contributed by atoms with E-state index in [2.05, 4.69) is 22.5 Å². The number of urea groups is 1. The van der Waals surface area contributed by atoms with Gasteiger partial charge in [-0.1, -0.05) is 6.92 Å². The summed E-state index contributed by atoms with van der Waals surface area (Å²) in [5.41, 5.74) is 1.89. The topological polar surface area (TPSA) is 78.5 Å². The largest absolute Gasteiger partial charge is 0.372 e. The Bertz CT molecular complexity index is 680. The lowest BCUT2D eigenvalue weighted by Crippen LogP contribution is -2.38. The molecular weight excluding hydrogens is 326 g/mol. The van der Waals surface area contributed by atoms with E-state index < -0.39 is 9.84 Å². The minimum atomic E-state index is -2.98. The van der Waals surface area contributed by atoms with Crippen molar-refractivity contribution in [2.24, 2.45) is 5.92 Å². The van der Waals surface area contributed by atoms with Crippen LogP contribution in [-0.4, -0.2) is 45.1 Å². The van der Waals surface area contributed by atoms with Crippen LogP contribution in [0.15, 0.2) is 24.3 Å². The van der Waals surface area contributed by atoms with Crippen LogP contribution in [0.5, 0.6) is 0 Å². The van der Waals surface area contributed by atoms with Crippen LogP contribution in [-0.2, 0) is 9.84 Å². The quantitative estimate of drug-likeness (QED) is 0.875. The predicted octanol–water partition coefficient (Wildman–Crippen LogP) is 2.23. The van der Waals surface area contributed by atoms with Crippen molar-refractivity contribution in [2.45, 2.75) is 32.2 Å². The zero-order chi connectivity index (χ0) is 17.2. The van der Waals surface area contributed by atoms with Crippen LogP contribution in [0, 0.1) is 5.92 Å². The van der Waals surface area contributed by atoms with Gasteiger partial charge in [0, 0.05) is 30.5 Å². The second-order valence-corrected chi connectivity index (χ2v) is 9.14. The molecule has 2 N–H and O–H groups in total. The highest BCUT2D eigenvalue weighted by Crippen LogP contribution is 2.24. The average molecular weight is 351 g/mol. The van der Waals surface area contributed by atoms with Crippen molar-refractivity contribution in [1.82, 2.24) is 5.32 Å². The van der Waals surface area contributed by atoms with E-state index in [1.807, 2.05) is 24.3 Å². The summed E-state index contributed by atoms with van der Waals surface area (Å²) in [7, 11) is -2.98. The van der Waals surface area contributed by atoms with Gasteiger partial charge in [0.1, 0.15) is 0 Å². The summed E-state index contributed by atoms with van der Waals surface area (Å²) in [6, 6.07) is 7.18. The molecule has 1 atom stereocenters. The summed E-state index contributed by atoms with van der Waals surface area (Å²) in [5.74, 6) is 0.985. The number of carbonyl (C=O) groups excluding carboxylic acids is 1. The van der Waals surface area contributed by atoms with E-state index in [0.717, 1.165) is 19.0 Å². The summed E-state index contributed by atoms with van der Waals surface area (Å²) in [4.78, 5) is 14.3. The Kier molecular flexibility index (Phi) is 4.99. The van der Waals surface area contributed by atoms with Crippen molar-refractivity contribution in [3.05, 3.63) is 24.3 Å². The van der Waals surface area contributed by atoms with Gasteiger partial charge in [-0.3, -0.25) is 0 Å². The van der Waals surface area contributed by atoms with Gasteiger partial charge in [-0.05, 0) is 49.4 Å². The Hall–Kier alpha value is -1.76. The van der Waals surface area contributed by atoms with Crippen LogP contribution < -0.4 is 15.5 Å². The molecule has 1 unspecified atom stereocenters. The summed E-state index contributed by atoms with van der Waals surface area (Å²) in [6.45, 7) is 4.44. The normalized spacial score (nSPS) is 23.9. The van der Waals surface area contributed by atoms with E-state index in [4.69, 9.17) is 0 Å². The maximum atomic E-state index is 12.0. The third kappa shape index (κ3) is 4.41. The second-order valence-electron chi connectivity index (χ2n) is 6.91. The molecule has 2 heterocycles. The van der Waals surface area contributed by atoms with Crippen molar-refractivity contribution in [3.8, 4) is 0 Å². The minimum absolute atomic E-state index is 0.0345. The predicted molar refractivity (Wildman–Crippen MR) is 96.3 cm³/mol. The Labute approximate surface area is 143 Å². The standard InChI is InChI=1S/C17H25N3O3S/c1-13-6-9-20(10-7-13)16-4-2-14(3-5-16)18-17(21)19-15-8-11-24(22,23)12-15/h2-5,13,15H,6-12H2,1H3,(H2,18,19,21). The van der Waals surface area contributed by atoms with Gasteiger partial charge >= 0.3 is 6.03 Å². The molecule has 2 amide bonds. The molecule has 0 aliphatic carbocycles. The fourth-order valence-electron chi connectivity index (χ4n) is 3.28. The maximum absolute atomic E-state index is 12.0. The first kappa shape index (κ1) is 17.1. The SMILES string of the molecule is CC1CCN(c2ccc(NC(=O)NC3CCS(=O)(=O)C3)cc2)CC1. The first-order valence-corrected chi connectivity index (χ1v) is 10.4. The van der Waals surface area contributed by atoms with Crippen LogP contribution in [0.2, 0.25) is 0 Å². The van der Waals surface area contributed by atoms with Crippen LogP contribution in [0.1, 0.15) is 26.2 Å². The molecule has 1 aromatic carbocycles. The van der Waals surface area contributed by atoms with Gasteiger partial charge in [0.05, 0.1) is 11.5 Å². The van der Waals surface area contributed by atoms with Gasteiger partial charge in [0.25, 0.3) is 0 Å². The van der Waals surface area contributed by atoms with E-state index in [9.17, 15) is 13.2 Å². The molecule has 0 bridgehead atoms. The summed E-state index contributed by atoms with van der Waals surface area (Å²) in [5, 5.41) is 5.50. The average Bonchev–Trinajstić information content (AvgIpc) is 2.87. The molecular formula is C17H25N3O3S. The molecule has 2 fully saturated rings. The van der Waals surface area contributed by atoms with Gasteiger partial charge < -0.3 is 15.5 Å². The number of carbonyl (C=O) groups is 1. The van der Waals surface area contributed by atoms with Gasteiger partial charge in [0.15, 0.2) is 9.84 Å². The highest BCUT2D eigenvalue weighted by Gasteiger charge is 2.28. The Balaban J connectivity index is 1.51. The number of nitrogens with zero attached hydrogens (tertiary/aromatic N) is 1. The Morgan fingerprint density at radius 1 is 1.12 bits per heavy atom. The molecule has 2 aliphatic heterocycles. The van der Waals surface area contributed by atoms with E-state index in [1.165, 1.54) is 18.5 Å². The fraction of sp³-hybridized carbons (Fsp3) is 0.588. The Morgan fingerprint density at radius 2 is 1.79 bits per heavy atom. The molecule has 24 heavy (non-hydrogen) atoms. The molecule has 6 nitrogen and oxygen atoms in total.